The molecule has 1 saturated heterocycles. The quantitative estimate of drug-likeness (QED) is 0.710. The normalized spacial score (nSPS) is 19.0. The number of rotatable bonds is 8. The first-order chi connectivity index (χ1) is 13.0. The van der Waals surface area contributed by atoms with Crippen molar-refractivity contribution < 1.29 is 28.7 Å². The maximum absolute atomic E-state index is 12.1. The molecule has 0 bridgehead atoms. The second kappa shape index (κ2) is 8.17. The highest BCUT2D eigenvalue weighted by atomic mass is 16.5. The average molecular weight is 375 g/mol. The van der Waals surface area contributed by atoms with Gasteiger partial charge >= 0.3 is 5.97 Å². The molecule has 3 rings (SSSR count). The number of carboxylic acids is 1. The average Bonchev–Trinajstić information content (AvgIpc) is 3.32. The number of benzene rings is 1. The van der Waals surface area contributed by atoms with Gasteiger partial charge in [-0.3, -0.25) is 4.79 Å². The Labute approximate surface area is 155 Å². The van der Waals surface area contributed by atoms with Crippen LogP contribution in [0.15, 0.2) is 28.8 Å². The molecule has 0 radical (unpaired) electrons. The molecule has 0 aliphatic carbocycles. The third-order valence-corrected chi connectivity index (χ3v) is 4.42. The highest BCUT2D eigenvalue weighted by Gasteiger charge is 2.43. The second-order valence-electron chi connectivity index (χ2n) is 6.33. The topological polar surface area (TPSA) is 124 Å². The molecular weight excluding hydrogens is 354 g/mol. The van der Waals surface area contributed by atoms with E-state index in [1.165, 1.54) is 0 Å². The zero-order valence-corrected chi connectivity index (χ0v) is 14.9. The van der Waals surface area contributed by atoms with E-state index in [2.05, 4.69) is 15.5 Å². The smallest absolute Gasteiger partial charge is 0.331 e. The van der Waals surface area contributed by atoms with Crippen molar-refractivity contribution in [3.8, 4) is 17.1 Å². The van der Waals surface area contributed by atoms with E-state index in [0.29, 0.717) is 31.2 Å². The number of aromatic nitrogens is 2. The third kappa shape index (κ3) is 4.43. The van der Waals surface area contributed by atoms with Gasteiger partial charge < -0.3 is 24.4 Å². The Morgan fingerprint density at radius 2 is 2.11 bits per heavy atom. The van der Waals surface area contributed by atoms with Gasteiger partial charge in [-0.15, -0.1) is 0 Å². The summed E-state index contributed by atoms with van der Waals surface area (Å²) in [6.45, 7) is 0.311. The summed E-state index contributed by atoms with van der Waals surface area (Å²) in [7, 11) is 1.59. The molecule has 0 spiro atoms. The van der Waals surface area contributed by atoms with E-state index in [4.69, 9.17) is 14.0 Å². The van der Waals surface area contributed by atoms with Gasteiger partial charge in [0.05, 0.1) is 13.7 Å². The van der Waals surface area contributed by atoms with Gasteiger partial charge in [0, 0.05) is 31.4 Å². The number of aliphatic carboxylic acids is 1. The monoisotopic (exact) mass is 375 g/mol. The summed E-state index contributed by atoms with van der Waals surface area (Å²) >= 11 is 0. The Morgan fingerprint density at radius 1 is 1.33 bits per heavy atom. The number of carbonyl (C=O) groups excluding carboxylic acids is 1. The van der Waals surface area contributed by atoms with Crippen LogP contribution in [0.4, 0.5) is 0 Å². The Kier molecular flexibility index (Phi) is 5.70. The van der Waals surface area contributed by atoms with E-state index in [1.54, 1.807) is 19.2 Å². The van der Waals surface area contributed by atoms with E-state index >= 15 is 0 Å². The Balaban J connectivity index is 1.50. The van der Waals surface area contributed by atoms with Crippen LogP contribution in [0.3, 0.4) is 0 Å². The minimum Gasteiger partial charge on any atom is -0.497 e. The number of hydrogen-bond donors (Lipinski definition) is 2. The van der Waals surface area contributed by atoms with Crippen molar-refractivity contribution in [2.75, 3.05) is 20.3 Å². The largest absolute Gasteiger partial charge is 0.497 e. The molecule has 27 heavy (non-hydrogen) atoms. The molecule has 0 saturated carbocycles. The number of aryl methyl sites for hydroxylation is 1. The van der Waals surface area contributed by atoms with E-state index in [9.17, 15) is 14.7 Å². The van der Waals surface area contributed by atoms with Gasteiger partial charge in [-0.2, -0.15) is 4.98 Å². The number of carbonyl (C=O) groups is 2. The molecule has 1 fully saturated rings. The van der Waals surface area contributed by atoms with Crippen LogP contribution in [0.2, 0.25) is 0 Å². The number of amides is 1. The van der Waals surface area contributed by atoms with Crippen LogP contribution in [0, 0.1) is 0 Å². The van der Waals surface area contributed by atoms with Crippen LogP contribution in [0.1, 0.15) is 25.2 Å². The molecule has 2 N–H and O–H groups in total. The summed E-state index contributed by atoms with van der Waals surface area (Å²) in [6.07, 6.45) is 1.32. The number of carboxylic acid groups (broad SMARTS) is 1. The number of hydrogen-bond acceptors (Lipinski definition) is 7. The van der Waals surface area contributed by atoms with Crippen LogP contribution in [0.25, 0.3) is 11.4 Å². The molecule has 1 aromatic heterocycles. The van der Waals surface area contributed by atoms with Gasteiger partial charge in [0.25, 0.3) is 0 Å². The summed E-state index contributed by atoms with van der Waals surface area (Å²) < 4.78 is 15.4. The molecule has 1 unspecified atom stereocenters. The first-order valence-electron chi connectivity index (χ1n) is 8.61. The van der Waals surface area contributed by atoms with Crippen molar-refractivity contribution >= 4 is 11.9 Å². The molecule has 2 heterocycles. The van der Waals surface area contributed by atoms with Gasteiger partial charge in [-0.1, -0.05) is 5.16 Å². The first-order valence-corrected chi connectivity index (χ1v) is 8.61. The van der Waals surface area contributed by atoms with Gasteiger partial charge in [0.2, 0.25) is 17.6 Å². The molecule has 1 aliphatic rings. The van der Waals surface area contributed by atoms with Crippen LogP contribution in [-0.2, 0) is 20.7 Å². The van der Waals surface area contributed by atoms with Crippen molar-refractivity contribution in [2.45, 2.75) is 31.2 Å². The van der Waals surface area contributed by atoms with Crippen LogP contribution in [-0.4, -0.2) is 53.0 Å². The lowest BCUT2D eigenvalue weighted by Gasteiger charge is -2.23. The summed E-state index contributed by atoms with van der Waals surface area (Å²) in [5, 5.41) is 15.8. The molecule has 144 valence electrons. The molecule has 9 nitrogen and oxygen atoms in total. The fourth-order valence-electron chi connectivity index (χ4n) is 2.83. The minimum atomic E-state index is -1.32. The highest BCUT2D eigenvalue weighted by molar-refractivity contribution is 5.87. The Morgan fingerprint density at radius 3 is 2.74 bits per heavy atom. The lowest BCUT2D eigenvalue weighted by molar-refractivity contribution is -0.147. The maximum atomic E-state index is 12.1. The molecule has 1 atom stereocenters. The number of nitrogens with one attached hydrogen (secondary N) is 1. The zero-order chi connectivity index (χ0) is 19.3. The summed E-state index contributed by atoms with van der Waals surface area (Å²) in [5.41, 5.74) is -0.517. The maximum Gasteiger partial charge on any atom is 0.331 e. The van der Waals surface area contributed by atoms with Crippen LogP contribution in [0.5, 0.6) is 5.75 Å². The van der Waals surface area contributed by atoms with Crippen molar-refractivity contribution in [3.05, 3.63) is 30.2 Å². The fraction of sp³-hybridized carbons (Fsp3) is 0.444. The predicted octanol–water partition coefficient (Wildman–Crippen LogP) is 1.43. The molecule has 1 aromatic carbocycles. The van der Waals surface area contributed by atoms with Crippen molar-refractivity contribution in [3.63, 3.8) is 0 Å². The lowest BCUT2D eigenvalue weighted by Crippen LogP contribution is -2.55. The molecule has 1 amide bonds. The number of methoxy groups -OCH3 is 1. The highest BCUT2D eigenvalue weighted by Crippen LogP contribution is 2.21. The van der Waals surface area contributed by atoms with Gasteiger partial charge in [-0.25, -0.2) is 4.79 Å². The third-order valence-electron chi connectivity index (χ3n) is 4.42. The van der Waals surface area contributed by atoms with E-state index in [0.717, 1.165) is 11.3 Å². The van der Waals surface area contributed by atoms with Crippen LogP contribution < -0.4 is 10.1 Å². The van der Waals surface area contributed by atoms with Crippen molar-refractivity contribution in [2.24, 2.45) is 0 Å². The summed E-state index contributed by atoms with van der Waals surface area (Å²) in [5.74, 6) is 0.211. The fourth-order valence-corrected chi connectivity index (χ4v) is 2.83. The van der Waals surface area contributed by atoms with Gasteiger partial charge in [0.1, 0.15) is 5.75 Å². The minimum absolute atomic E-state index is 0.0110. The number of nitrogens with zero attached hydrogens (tertiary/aromatic N) is 2. The summed E-state index contributed by atoms with van der Waals surface area (Å²) in [6, 6.07) is 7.27. The SMILES string of the molecule is COc1ccc(-c2noc(CCCC(=O)NC3(C(=O)O)CCOC3)n2)cc1. The molecule has 2 aromatic rings. The Bertz CT molecular complexity index is 796. The second-order valence-corrected chi connectivity index (χ2v) is 6.33. The van der Waals surface area contributed by atoms with E-state index in [1.807, 2.05) is 12.1 Å². The van der Waals surface area contributed by atoms with E-state index < -0.39 is 11.5 Å². The van der Waals surface area contributed by atoms with Crippen molar-refractivity contribution in [1.82, 2.24) is 15.5 Å². The lowest BCUT2D eigenvalue weighted by atomic mass is 9.98. The standard InChI is InChI=1S/C18H21N3O6/c1-25-13-7-5-12(6-8-13)16-19-15(27-21-16)4-2-3-14(22)20-18(17(23)24)9-10-26-11-18/h5-8H,2-4,9-11H2,1H3,(H,20,22)(H,23,24). The zero-order valence-electron chi connectivity index (χ0n) is 14.9. The van der Waals surface area contributed by atoms with E-state index in [-0.39, 0.29) is 25.4 Å². The molecule has 9 heteroatoms. The Hall–Kier alpha value is -2.94. The van der Waals surface area contributed by atoms with Crippen LogP contribution >= 0.6 is 0 Å². The first kappa shape index (κ1) is 18.8. The molecule has 1 aliphatic heterocycles. The van der Waals surface area contributed by atoms with Gasteiger partial charge in [-0.05, 0) is 30.7 Å². The number of ether oxygens (including phenoxy) is 2. The van der Waals surface area contributed by atoms with Crippen molar-refractivity contribution in [1.29, 1.82) is 0 Å². The van der Waals surface area contributed by atoms with Gasteiger partial charge in [0.15, 0.2) is 5.54 Å². The molecular formula is C18H21N3O6. The summed E-state index contributed by atoms with van der Waals surface area (Å²) in [4.78, 5) is 27.8. The predicted molar refractivity (Wildman–Crippen MR) is 93.2 cm³/mol.